The molecule has 0 bridgehead atoms. The second kappa shape index (κ2) is 7.24. The van der Waals surface area contributed by atoms with Crippen molar-refractivity contribution in [2.24, 2.45) is 5.73 Å². The van der Waals surface area contributed by atoms with E-state index < -0.39 is 0 Å². The van der Waals surface area contributed by atoms with E-state index in [0.717, 1.165) is 12.2 Å². The summed E-state index contributed by atoms with van der Waals surface area (Å²) in [6.45, 7) is 4.69. The summed E-state index contributed by atoms with van der Waals surface area (Å²) in [6, 6.07) is 0.0640. The zero-order valence-corrected chi connectivity index (χ0v) is 10.5. The third kappa shape index (κ3) is 5.14. The number of carbonyl (C=O) groups excluding carboxylic acids is 1. The summed E-state index contributed by atoms with van der Waals surface area (Å²) in [5.74, 6) is -0.0112. The minimum Gasteiger partial charge on any atom is -0.328 e. The quantitative estimate of drug-likeness (QED) is 0.825. The highest BCUT2D eigenvalue weighted by Gasteiger charge is 2.05. The van der Waals surface area contributed by atoms with Gasteiger partial charge in [-0.1, -0.05) is 0 Å². The normalized spacial score (nSPS) is 11.7. The Morgan fingerprint density at radius 1 is 1.69 bits per heavy atom. The van der Waals surface area contributed by atoms with Crippen molar-refractivity contribution in [1.82, 2.24) is 9.78 Å². The Morgan fingerprint density at radius 3 is 2.88 bits per heavy atom. The number of aryl methyl sites for hydroxylation is 1. The molecular formula is C10H19ClN4O. The van der Waals surface area contributed by atoms with Gasteiger partial charge in [0.25, 0.3) is 0 Å². The van der Waals surface area contributed by atoms with Gasteiger partial charge in [-0.05, 0) is 20.3 Å². The molecule has 0 saturated heterocycles. The van der Waals surface area contributed by atoms with Crippen molar-refractivity contribution < 1.29 is 4.79 Å². The lowest BCUT2D eigenvalue weighted by Gasteiger charge is -2.04. The third-order valence-corrected chi connectivity index (χ3v) is 2.07. The van der Waals surface area contributed by atoms with Crippen molar-refractivity contribution in [3.8, 4) is 0 Å². The number of aromatic nitrogens is 2. The highest BCUT2D eigenvalue weighted by molar-refractivity contribution is 5.90. The summed E-state index contributed by atoms with van der Waals surface area (Å²) < 4.78 is 1.77. The molecule has 0 aliphatic carbocycles. The first kappa shape index (κ1) is 14.9. The molecule has 1 aromatic heterocycles. The van der Waals surface area contributed by atoms with E-state index in [2.05, 4.69) is 10.4 Å². The molecule has 0 aliphatic rings. The lowest BCUT2D eigenvalue weighted by molar-refractivity contribution is -0.116. The maximum atomic E-state index is 11.4. The number of halogens is 1. The average Bonchev–Trinajstić information content (AvgIpc) is 2.62. The number of carbonyl (C=O) groups is 1. The fraction of sp³-hybridized carbons (Fsp3) is 0.600. The smallest absolute Gasteiger partial charge is 0.224 e. The molecule has 0 radical (unpaired) electrons. The van der Waals surface area contributed by atoms with Crippen molar-refractivity contribution in [2.75, 3.05) is 5.32 Å². The molecule has 3 N–H and O–H groups in total. The zero-order valence-electron chi connectivity index (χ0n) is 9.64. The number of nitrogens with one attached hydrogen (secondary N) is 1. The molecular weight excluding hydrogens is 228 g/mol. The van der Waals surface area contributed by atoms with E-state index in [1.54, 1.807) is 10.9 Å². The molecule has 1 heterocycles. The van der Waals surface area contributed by atoms with E-state index in [1.807, 2.05) is 20.0 Å². The summed E-state index contributed by atoms with van der Waals surface area (Å²) >= 11 is 0. The Labute approximate surface area is 102 Å². The first-order valence-electron chi connectivity index (χ1n) is 5.19. The summed E-state index contributed by atoms with van der Waals surface area (Å²) in [5.41, 5.74) is 6.31. The van der Waals surface area contributed by atoms with Gasteiger partial charge in [-0.3, -0.25) is 9.48 Å². The summed E-state index contributed by atoms with van der Waals surface area (Å²) in [4.78, 5) is 11.4. The van der Waals surface area contributed by atoms with Crippen molar-refractivity contribution in [3.63, 3.8) is 0 Å². The number of anilines is 1. The molecule has 0 fully saturated rings. The van der Waals surface area contributed by atoms with Gasteiger partial charge in [-0.15, -0.1) is 12.4 Å². The summed E-state index contributed by atoms with van der Waals surface area (Å²) in [6.07, 6.45) is 4.61. The van der Waals surface area contributed by atoms with Crippen molar-refractivity contribution in [2.45, 2.75) is 39.3 Å². The van der Waals surface area contributed by atoms with Crippen LogP contribution < -0.4 is 11.1 Å². The lowest BCUT2D eigenvalue weighted by Crippen LogP contribution is -2.19. The fourth-order valence-corrected chi connectivity index (χ4v) is 1.18. The molecule has 0 aliphatic heterocycles. The van der Waals surface area contributed by atoms with E-state index in [9.17, 15) is 4.79 Å². The molecule has 92 valence electrons. The number of rotatable bonds is 5. The SMILES string of the molecule is CCn1cc(NC(=O)CCC(C)N)cn1.Cl. The van der Waals surface area contributed by atoms with Gasteiger partial charge in [0, 0.05) is 25.2 Å². The largest absolute Gasteiger partial charge is 0.328 e. The Hall–Kier alpha value is -1.07. The van der Waals surface area contributed by atoms with E-state index in [4.69, 9.17) is 5.73 Å². The van der Waals surface area contributed by atoms with Crippen LogP contribution in [-0.2, 0) is 11.3 Å². The number of hydrogen-bond donors (Lipinski definition) is 2. The first-order valence-corrected chi connectivity index (χ1v) is 5.19. The van der Waals surface area contributed by atoms with E-state index in [-0.39, 0.29) is 24.4 Å². The van der Waals surface area contributed by atoms with Crippen molar-refractivity contribution in [3.05, 3.63) is 12.4 Å². The summed E-state index contributed by atoms with van der Waals surface area (Å²) in [7, 11) is 0. The highest BCUT2D eigenvalue weighted by Crippen LogP contribution is 2.06. The molecule has 0 aromatic carbocycles. The van der Waals surface area contributed by atoms with Crippen LogP contribution in [0.5, 0.6) is 0 Å². The van der Waals surface area contributed by atoms with Crippen LogP contribution in [0.15, 0.2) is 12.4 Å². The minimum atomic E-state index is -0.0112. The molecule has 1 aromatic rings. The first-order chi connectivity index (χ1) is 7.11. The van der Waals surface area contributed by atoms with Gasteiger partial charge in [0.15, 0.2) is 0 Å². The molecule has 1 rings (SSSR count). The summed E-state index contributed by atoms with van der Waals surface area (Å²) in [5, 5.41) is 6.83. The molecule has 1 atom stereocenters. The van der Waals surface area contributed by atoms with Gasteiger partial charge < -0.3 is 11.1 Å². The molecule has 0 spiro atoms. The number of nitrogens with two attached hydrogens (primary N) is 1. The second-order valence-corrected chi connectivity index (χ2v) is 3.65. The molecule has 16 heavy (non-hydrogen) atoms. The van der Waals surface area contributed by atoms with Gasteiger partial charge in [0.05, 0.1) is 11.9 Å². The van der Waals surface area contributed by atoms with Crippen LogP contribution in [0.25, 0.3) is 0 Å². The van der Waals surface area contributed by atoms with Gasteiger partial charge in [0.1, 0.15) is 0 Å². The predicted molar refractivity (Wildman–Crippen MR) is 66.7 cm³/mol. The Morgan fingerprint density at radius 2 is 2.38 bits per heavy atom. The maximum absolute atomic E-state index is 11.4. The van der Waals surface area contributed by atoms with Crippen LogP contribution in [0.4, 0.5) is 5.69 Å². The van der Waals surface area contributed by atoms with Gasteiger partial charge >= 0.3 is 0 Å². The van der Waals surface area contributed by atoms with Crippen LogP contribution in [-0.4, -0.2) is 21.7 Å². The second-order valence-electron chi connectivity index (χ2n) is 3.65. The molecule has 0 saturated carbocycles. The van der Waals surface area contributed by atoms with Gasteiger partial charge in [0.2, 0.25) is 5.91 Å². The lowest BCUT2D eigenvalue weighted by atomic mass is 10.2. The van der Waals surface area contributed by atoms with Gasteiger partial charge in [-0.2, -0.15) is 5.10 Å². The maximum Gasteiger partial charge on any atom is 0.224 e. The molecule has 1 unspecified atom stereocenters. The van der Waals surface area contributed by atoms with Crippen LogP contribution in [0.3, 0.4) is 0 Å². The van der Waals surface area contributed by atoms with Gasteiger partial charge in [-0.25, -0.2) is 0 Å². The third-order valence-electron chi connectivity index (χ3n) is 2.07. The van der Waals surface area contributed by atoms with Crippen molar-refractivity contribution >= 4 is 24.0 Å². The topological polar surface area (TPSA) is 72.9 Å². The van der Waals surface area contributed by atoms with E-state index >= 15 is 0 Å². The van der Waals surface area contributed by atoms with Crippen molar-refractivity contribution in [1.29, 1.82) is 0 Å². The van der Waals surface area contributed by atoms with Crippen LogP contribution in [0.2, 0.25) is 0 Å². The Kier molecular flexibility index (Phi) is 6.76. The molecule has 6 heteroatoms. The number of hydrogen-bond acceptors (Lipinski definition) is 3. The Balaban J connectivity index is 0.00000225. The number of amides is 1. The number of nitrogens with zero attached hydrogens (tertiary/aromatic N) is 2. The Bertz CT molecular complexity index is 324. The van der Waals surface area contributed by atoms with E-state index in [1.165, 1.54) is 0 Å². The monoisotopic (exact) mass is 246 g/mol. The van der Waals surface area contributed by atoms with Crippen LogP contribution in [0, 0.1) is 0 Å². The van der Waals surface area contributed by atoms with Crippen LogP contribution in [0.1, 0.15) is 26.7 Å². The molecule has 1 amide bonds. The molecule has 5 nitrogen and oxygen atoms in total. The fourth-order valence-electron chi connectivity index (χ4n) is 1.18. The van der Waals surface area contributed by atoms with E-state index in [0.29, 0.717) is 12.8 Å². The standard InChI is InChI=1S/C10H18N4O.ClH/c1-3-14-7-9(6-12-14)13-10(15)5-4-8(2)11;/h6-8H,3-5,11H2,1-2H3,(H,13,15);1H. The zero-order chi connectivity index (χ0) is 11.3. The highest BCUT2D eigenvalue weighted by atomic mass is 35.5. The van der Waals surface area contributed by atoms with Crippen LogP contribution >= 0.6 is 12.4 Å². The predicted octanol–water partition coefficient (Wildman–Crippen LogP) is 1.39. The minimum absolute atomic E-state index is 0. The average molecular weight is 247 g/mol.